The zero-order chi connectivity index (χ0) is 13.2. The van der Waals surface area contributed by atoms with Crippen molar-refractivity contribution in [3.05, 3.63) is 53.5 Å². The van der Waals surface area contributed by atoms with Crippen molar-refractivity contribution in [1.82, 2.24) is 0 Å². The minimum Gasteiger partial charge on any atom is -0.468 e. The van der Waals surface area contributed by atoms with E-state index in [0.29, 0.717) is 29.0 Å². The number of para-hydroxylation sites is 1. The highest BCUT2D eigenvalue weighted by Gasteiger charge is 2.27. The number of furan rings is 1. The van der Waals surface area contributed by atoms with E-state index in [-0.39, 0.29) is 11.7 Å². The summed E-state index contributed by atoms with van der Waals surface area (Å²) in [6, 6.07) is 9.15. The van der Waals surface area contributed by atoms with Gasteiger partial charge in [-0.3, -0.25) is 9.59 Å². The van der Waals surface area contributed by atoms with E-state index in [2.05, 4.69) is 5.32 Å². The first-order valence-electron chi connectivity index (χ1n) is 6.25. The Labute approximate surface area is 110 Å². The molecule has 1 heterocycles. The van der Waals surface area contributed by atoms with Crippen molar-refractivity contribution in [1.29, 1.82) is 0 Å². The molecule has 1 aromatic carbocycles. The summed E-state index contributed by atoms with van der Waals surface area (Å²) in [5, 5.41) is 2.76. The molecule has 0 bridgehead atoms. The zero-order valence-electron chi connectivity index (χ0n) is 10.3. The number of carbonyl (C=O) groups is 2. The molecule has 1 aromatic heterocycles. The topological polar surface area (TPSA) is 59.3 Å². The van der Waals surface area contributed by atoms with Crippen LogP contribution in [0.4, 0.5) is 5.69 Å². The molecule has 3 rings (SSSR count). The van der Waals surface area contributed by atoms with E-state index in [1.165, 1.54) is 6.26 Å². The molecule has 1 amide bonds. The maximum absolute atomic E-state index is 12.2. The number of hydrogen-bond acceptors (Lipinski definition) is 3. The molecule has 1 aliphatic rings. The lowest BCUT2D eigenvalue weighted by atomic mass is 9.94. The summed E-state index contributed by atoms with van der Waals surface area (Å²) < 4.78 is 5.33. The van der Waals surface area contributed by atoms with E-state index >= 15 is 0 Å². The van der Waals surface area contributed by atoms with Crippen molar-refractivity contribution in [3.63, 3.8) is 0 Å². The molecule has 2 aromatic rings. The van der Waals surface area contributed by atoms with Crippen LogP contribution in [0.5, 0.6) is 0 Å². The van der Waals surface area contributed by atoms with Gasteiger partial charge < -0.3 is 9.73 Å². The third-order valence-corrected chi connectivity index (χ3v) is 3.23. The quantitative estimate of drug-likeness (QED) is 0.897. The van der Waals surface area contributed by atoms with Crippen LogP contribution in [0.1, 0.15) is 39.3 Å². The van der Waals surface area contributed by atoms with Gasteiger partial charge in [0.15, 0.2) is 5.78 Å². The Kier molecular flexibility index (Phi) is 2.91. The Balaban J connectivity index is 1.89. The Bertz CT molecular complexity index is 628. The first-order chi connectivity index (χ1) is 9.25. The lowest BCUT2D eigenvalue weighted by Gasteiger charge is -2.10. The monoisotopic (exact) mass is 255 g/mol. The number of rotatable bonds is 2. The molecule has 0 fully saturated rings. The standard InChI is InChI=1S/C15H13NO3/c17-12-7-4-8-13-14(12)11(9-19-13)15(18)16-10-5-2-1-3-6-10/h1-3,5-6,9H,4,7-8H2,(H,16,18). The van der Waals surface area contributed by atoms with Gasteiger partial charge in [-0.15, -0.1) is 0 Å². The van der Waals surface area contributed by atoms with Crippen molar-refractivity contribution < 1.29 is 14.0 Å². The predicted octanol–water partition coefficient (Wildman–Crippen LogP) is 3.05. The SMILES string of the molecule is O=C(Nc1ccccc1)c1coc2c1C(=O)CCC2. The van der Waals surface area contributed by atoms with Crippen LogP contribution in [-0.2, 0) is 6.42 Å². The van der Waals surface area contributed by atoms with Crippen LogP contribution in [0.15, 0.2) is 41.0 Å². The minimum absolute atomic E-state index is 0.00629. The normalized spacial score (nSPS) is 14.0. The van der Waals surface area contributed by atoms with E-state index in [0.717, 1.165) is 12.8 Å². The van der Waals surface area contributed by atoms with E-state index in [9.17, 15) is 9.59 Å². The summed E-state index contributed by atoms with van der Waals surface area (Å²) in [7, 11) is 0. The molecule has 0 aliphatic heterocycles. The highest BCUT2D eigenvalue weighted by atomic mass is 16.3. The number of aryl methyl sites for hydroxylation is 1. The van der Waals surface area contributed by atoms with Gasteiger partial charge >= 0.3 is 0 Å². The average molecular weight is 255 g/mol. The molecule has 0 saturated carbocycles. The van der Waals surface area contributed by atoms with E-state index in [4.69, 9.17) is 4.42 Å². The van der Waals surface area contributed by atoms with Gasteiger partial charge in [-0.2, -0.15) is 0 Å². The Morgan fingerprint density at radius 3 is 2.74 bits per heavy atom. The van der Waals surface area contributed by atoms with Gasteiger partial charge in [0.1, 0.15) is 12.0 Å². The lowest BCUT2D eigenvalue weighted by Crippen LogP contribution is -2.17. The predicted molar refractivity (Wildman–Crippen MR) is 70.4 cm³/mol. The van der Waals surface area contributed by atoms with E-state index < -0.39 is 0 Å². The van der Waals surface area contributed by atoms with Gasteiger partial charge in [0.25, 0.3) is 5.91 Å². The Morgan fingerprint density at radius 2 is 1.95 bits per heavy atom. The second-order valence-corrected chi connectivity index (χ2v) is 4.54. The number of carbonyl (C=O) groups excluding carboxylic acids is 2. The number of benzene rings is 1. The second-order valence-electron chi connectivity index (χ2n) is 4.54. The third kappa shape index (κ3) is 2.17. The van der Waals surface area contributed by atoms with Crippen molar-refractivity contribution in [2.45, 2.75) is 19.3 Å². The Hall–Kier alpha value is -2.36. The van der Waals surface area contributed by atoms with Crippen LogP contribution in [0, 0.1) is 0 Å². The van der Waals surface area contributed by atoms with Gasteiger partial charge in [0, 0.05) is 18.5 Å². The molecule has 19 heavy (non-hydrogen) atoms. The molecular weight excluding hydrogens is 242 g/mol. The van der Waals surface area contributed by atoms with Crippen molar-refractivity contribution in [2.24, 2.45) is 0 Å². The van der Waals surface area contributed by atoms with Crippen LogP contribution in [0.25, 0.3) is 0 Å². The van der Waals surface area contributed by atoms with Crippen LogP contribution >= 0.6 is 0 Å². The number of nitrogens with one attached hydrogen (secondary N) is 1. The first-order valence-corrected chi connectivity index (χ1v) is 6.25. The van der Waals surface area contributed by atoms with Gasteiger partial charge in [-0.25, -0.2) is 0 Å². The first kappa shape index (κ1) is 11.7. The van der Waals surface area contributed by atoms with Crippen LogP contribution in [0.2, 0.25) is 0 Å². The molecule has 4 heteroatoms. The van der Waals surface area contributed by atoms with Gasteiger partial charge in [0.2, 0.25) is 0 Å². The van der Waals surface area contributed by atoms with Crippen molar-refractivity contribution in [3.8, 4) is 0 Å². The summed E-state index contributed by atoms with van der Waals surface area (Å²) in [6.45, 7) is 0. The minimum atomic E-state index is -0.300. The molecule has 1 aliphatic carbocycles. The molecule has 0 saturated heterocycles. The molecule has 0 atom stereocenters. The molecule has 1 N–H and O–H groups in total. The number of fused-ring (bicyclic) bond motifs is 1. The maximum atomic E-state index is 12.2. The summed E-state index contributed by atoms with van der Waals surface area (Å²) in [4.78, 5) is 24.1. The third-order valence-electron chi connectivity index (χ3n) is 3.23. The van der Waals surface area contributed by atoms with Gasteiger partial charge in [0.05, 0.1) is 11.1 Å². The number of anilines is 1. The molecular formula is C15H13NO3. The molecule has 0 radical (unpaired) electrons. The molecule has 0 spiro atoms. The van der Waals surface area contributed by atoms with Gasteiger partial charge in [-0.05, 0) is 18.6 Å². The van der Waals surface area contributed by atoms with E-state index in [1.807, 2.05) is 18.2 Å². The fourth-order valence-electron chi connectivity index (χ4n) is 2.31. The van der Waals surface area contributed by atoms with Crippen LogP contribution in [-0.4, -0.2) is 11.7 Å². The summed E-state index contributed by atoms with van der Waals surface area (Å²) >= 11 is 0. The summed E-state index contributed by atoms with van der Waals surface area (Å²) in [6.07, 6.45) is 3.38. The van der Waals surface area contributed by atoms with Crippen molar-refractivity contribution in [2.75, 3.05) is 5.32 Å². The Morgan fingerprint density at radius 1 is 1.16 bits per heavy atom. The van der Waals surface area contributed by atoms with Crippen molar-refractivity contribution >= 4 is 17.4 Å². The van der Waals surface area contributed by atoms with Gasteiger partial charge in [-0.1, -0.05) is 18.2 Å². The summed E-state index contributed by atoms with van der Waals surface area (Å²) in [5.41, 5.74) is 1.49. The molecule has 0 unspecified atom stereocenters. The number of ketones is 1. The number of Topliss-reactive ketones (excluding diaryl/α,β-unsaturated/α-hetero) is 1. The smallest absolute Gasteiger partial charge is 0.259 e. The second kappa shape index (κ2) is 4.72. The van der Waals surface area contributed by atoms with Crippen LogP contribution in [0.3, 0.4) is 0 Å². The number of hydrogen-bond donors (Lipinski definition) is 1. The highest BCUT2D eigenvalue weighted by Crippen LogP contribution is 2.26. The van der Waals surface area contributed by atoms with Crippen LogP contribution < -0.4 is 5.32 Å². The lowest BCUT2D eigenvalue weighted by molar-refractivity contribution is 0.0955. The maximum Gasteiger partial charge on any atom is 0.259 e. The molecule has 96 valence electrons. The average Bonchev–Trinajstić information content (AvgIpc) is 2.85. The fourth-order valence-corrected chi connectivity index (χ4v) is 2.31. The number of amides is 1. The largest absolute Gasteiger partial charge is 0.468 e. The summed E-state index contributed by atoms with van der Waals surface area (Å²) in [5.74, 6) is 0.328. The van der Waals surface area contributed by atoms with E-state index in [1.54, 1.807) is 12.1 Å². The highest BCUT2D eigenvalue weighted by molar-refractivity contribution is 6.13. The fraction of sp³-hybridized carbons (Fsp3) is 0.200. The zero-order valence-corrected chi connectivity index (χ0v) is 10.3. The molecule has 4 nitrogen and oxygen atoms in total.